The number of likely N-dealkylation sites (N-methyl/N-ethyl adjacent to an activating group) is 1. The molecule has 0 amide bonds. The second kappa shape index (κ2) is 10.7. The Hall–Kier alpha value is -3.32. The summed E-state index contributed by atoms with van der Waals surface area (Å²) in [5.74, 6) is 11.9. The molecule has 0 radical (unpaired) electrons. The fourth-order valence-electron chi connectivity index (χ4n) is 2.67. The second-order valence-electron chi connectivity index (χ2n) is 5.91. The minimum absolute atomic E-state index is 0.498. The lowest BCUT2D eigenvalue weighted by Crippen LogP contribution is -2.26. The molecule has 0 aromatic heterocycles. The minimum atomic E-state index is 0.498. The average molecular weight is 378 g/mol. The van der Waals surface area contributed by atoms with E-state index < -0.39 is 0 Å². The smallest absolute Gasteiger partial charge is 0.171 e. The number of nitrogens with one attached hydrogen (secondary N) is 1. The summed E-state index contributed by atoms with van der Waals surface area (Å²) in [6.07, 6.45) is 10.6. The summed E-state index contributed by atoms with van der Waals surface area (Å²) in [6.45, 7) is 7.91. The van der Waals surface area contributed by atoms with E-state index >= 15 is 0 Å². The van der Waals surface area contributed by atoms with E-state index in [9.17, 15) is 0 Å². The number of hydrazine groups is 1. The van der Waals surface area contributed by atoms with Gasteiger partial charge in [0, 0.05) is 24.6 Å². The molecule has 0 heterocycles. The standard InChI is InChI=1S/C22H26N4O2/c1-4-6-10-18(20(27-23)9-5-2)15-16-26(3)25-22-19-12-8-7-11-17(19)13-14-21(22)28-24/h4-15,25H,1-2,16,23-24H2,3H3/b10-6-,18-15+,20-9+. The number of benzene rings is 2. The molecule has 0 bridgehead atoms. The van der Waals surface area contributed by atoms with Crippen molar-refractivity contribution in [3.8, 4) is 5.75 Å². The Balaban J connectivity index is 2.28. The van der Waals surface area contributed by atoms with Crippen molar-refractivity contribution in [3.05, 3.63) is 97.3 Å². The van der Waals surface area contributed by atoms with Gasteiger partial charge in [-0.25, -0.2) is 5.01 Å². The Labute approximate surface area is 165 Å². The Morgan fingerprint density at radius 3 is 2.61 bits per heavy atom. The summed E-state index contributed by atoms with van der Waals surface area (Å²) in [5.41, 5.74) is 4.92. The SMILES string of the molecule is C=C\C=C/C(=C\CN(C)Nc1c(ON)ccc2ccccc12)C(=C\C=C)/ON. The fraction of sp³-hybridized carbons (Fsp3) is 0.0909. The van der Waals surface area contributed by atoms with Gasteiger partial charge in [-0.2, -0.15) is 11.8 Å². The maximum Gasteiger partial charge on any atom is 0.171 e. The van der Waals surface area contributed by atoms with Gasteiger partial charge in [-0.15, -0.1) is 0 Å². The van der Waals surface area contributed by atoms with Crippen LogP contribution in [0.3, 0.4) is 0 Å². The zero-order chi connectivity index (χ0) is 20.4. The quantitative estimate of drug-likeness (QED) is 0.329. The second-order valence-corrected chi connectivity index (χ2v) is 5.91. The Morgan fingerprint density at radius 1 is 1.14 bits per heavy atom. The first kappa shape index (κ1) is 21.0. The van der Waals surface area contributed by atoms with E-state index in [4.69, 9.17) is 21.5 Å². The third-order valence-electron chi connectivity index (χ3n) is 4.00. The molecule has 0 atom stereocenters. The van der Waals surface area contributed by atoms with Gasteiger partial charge >= 0.3 is 0 Å². The highest BCUT2D eigenvalue weighted by Crippen LogP contribution is 2.33. The number of nitrogens with zero attached hydrogens (tertiary/aromatic N) is 1. The zero-order valence-corrected chi connectivity index (χ0v) is 16.0. The third kappa shape index (κ3) is 5.34. The highest BCUT2D eigenvalue weighted by Gasteiger charge is 2.10. The van der Waals surface area contributed by atoms with E-state index in [-0.39, 0.29) is 0 Å². The van der Waals surface area contributed by atoms with Gasteiger partial charge in [0.2, 0.25) is 0 Å². The molecular weight excluding hydrogens is 352 g/mol. The van der Waals surface area contributed by atoms with E-state index in [1.54, 1.807) is 24.3 Å². The average Bonchev–Trinajstić information content (AvgIpc) is 2.72. The van der Waals surface area contributed by atoms with Crippen molar-refractivity contribution in [3.63, 3.8) is 0 Å². The van der Waals surface area contributed by atoms with Gasteiger partial charge in [-0.05, 0) is 17.5 Å². The molecule has 2 aromatic rings. The molecule has 0 aliphatic rings. The molecule has 0 aliphatic heterocycles. The molecule has 2 rings (SSSR count). The number of fused-ring (bicyclic) bond motifs is 1. The van der Waals surface area contributed by atoms with E-state index in [2.05, 4.69) is 18.6 Å². The lowest BCUT2D eigenvalue weighted by molar-refractivity contribution is 0.230. The van der Waals surface area contributed by atoms with Gasteiger partial charge in [0.15, 0.2) is 11.5 Å². The molecule has 0 saturated carbocycles. The van der Waals surface area contributed by atoms with E-state index in [1.165, 1.54) is 0 Å². The van der Waals surface area contributed by atoms with Crippen LogP contribution in [-0.4, -0.2) is 18.6 Å². The monoisotopic (exact) mass is 378 g/mol. The van der Waals surface area contributed by atoms with Crippen LogP contribution in [-0.2, 0) is 4.84 Å². The molecule has 0 spiro atoms. The largest absolute Gasteiger partial charge is 0.411 e. The topological polar surface area (TPSA) is 85.8 Å². The molecule has 6 heteroatoms. The van der Waals surface area contributed by atoms with Crippen molar-refractivity contribution in [1.29, 1.82) is 0 Å². The molecular formula is C22H26N4O2. The number of hydrogen-bond donors (Lipinski definition) is 3. The van der Waals surface area contributed by atoms with Gasteiger partial charge < -0.3 is 15.1 Å². The first-order chi connectivity index (χ1) is 13.6. The molecule has 0 aliphatic carbocycles. The highest BCUT2D eigenvalue weighted by atomic mass is 16.6. The predicted molar refractivity (Wildman–Crippen MR) is 116 cm³/mol. The van der Waals surface area contributed by atoms with Crippen LogP contribution in [0.4, 0.5) is 5.69 Å². The summed E-state index contributed by atoms with van der Waals surface area (Å²) in [7, 11) is 1.91. The minimum Gasteiger partial charge on any atom is -0.411 e. The molecule has 146 valence electrons. The van der Waals surface area contributed by atoms with E-state index in [0.717, 1.165) is 22.0 Å². The van der Waals surface area contributed by atoms with Crippen molar-refractivity contribution in [2.45, 2.75) is 0 Å². The lowest BCUT2D eigenvalue weighted by Gasteiger charge is -2.21. The van der Waals surface area contributed by atoms with Gasteiger partial charge in [0.05, 0.1) is 0 Å². The third-order valence-corrected chi connectivity index (χ3v) is 4.00. The van der Waals surface area contributed by atoms with Crippen LogP contribution in [0.1, 0.15) is 0 Å². The van der Waals surface area contributed by atoms with Crippen molar-refractivity contribution >= 4 is 16.5 Å². The summed E-state index contributed by atoms with van der Waals surface area (Å²) in [4.78, 5) is 9.99. The van der Waals surface area contributed by atoms with Gasteiger partial charge in [-0.1, -0.05) is 73.9 Å². The van der Waals surface area contributed by atoms with Crippen LogP contribution in [0.5, 0.6) is 5.75 Å². The molecule has 0 saturated heterocycles. The van der Waals surface area contributed by atoms with Crippen LogP contribution in [0.25, 0.3) is 10.8 Å². The summed E-state index contributed by atoms with van der Waals surface area (Å²) >= 11 is 0. The number of hydrogen-bond acceptors (Lipinski definition) is 6. The normalized spacial score (nSPS) is 12.4. The molecule has 5 N–H and O–H groups in total. The Kier molecular flexibility index (Phi) is 8.05. The molecule has 6 nitrogen and oxygen atoms in total. The Bertz CT molecular complexity index is 916. The summed E-state index contributed by atoms with van der Waals surface area (Å²) in [6, 6.07) is 11.8. The maximum atomic E-state index is 5.45. The van der Waals surface area contributed by atoms with Crippen molar-refractivity contribution in [2.24, 2.45) is 11.8 Å². The number of anilines is 1. The molecule has 0 fully saturated rings. The number of allylic oxidation sites excluding steroid dienone is 5. The zero-order valence-electron chi connectivity index (χ0n) is 16.0. The van der Waals surface area contributed by atoms with Gasteiger partial charge in [0.1, 0.15) is 5.69 Å². The summed E-state index contributed by atoms with van der Waals surface area (Å²) < 4.78 is 0. The highest BCUT2D eigenvalue weighted by molar-refractivity contribution is 5.96. The first-order valence-corrected chi connectivity index (χ1v) is 8.70. The van der Waals surface area contributed by atoms with Crippen LogP contribution >= 0.6 is 0 Å². The van der Waals surface area contributed by atoms with Crippen molar-refractivity contribution in [1.82, 2.24) is 5.01 Å². The van der Waals surface area contributed by atoms with Crippen LogP contribution < -0.4 is 22.1 Å². The van der Waals surface area contributed by atoms with Crippen LogP contribution in [0.2, 0.25) is 0 Å². The van der Waals surface area contributed by atoms with Crippen molar-refractivity contribution < 1.29 is 9.68 Å². The fourth-order valence-corrected chi connectivity index (χ4v) is 2.67. The first-order valence-electron chi connectivity index (χ1n) is 8.70. The van der Waals surface area contributed by atoms with E-state index in [0.29, 0.717) is 18.1 Å². The van der Waals surface area contributed by atoms with Gasteiger partial charge in [-0.3, -0.25) is 0 Å². The van der Waals surface area contributed by atoms with Crippen molar-refractivity contribution in [2.75, 3.05) is 19.0 Å². The molecule has 0 unspecified atom stereocenters. The van der Waals surface area contributed by atoms with Gasteiger partial charge in [0.25, 0.3) is 0 Å². The van der Waals surface area contributed by atoms with E-state index in [1.807, 2.05) is 60.6 Å². The van der Waals surface area contributed by atoms with Crippen LogP contribution in [0, 0.1) is 0 Å². The maximum absolute atomic E-state index is 5.45. The number of nitrogens with two attached hydrogens (primary N) is 2. The van der Waals surface area contributed by atoms with Crippen LogP contribution in [0.15, 0.2) is 97.3 Å². The summed E-state index contributed by atoms with van der Waals surface area (Å²) in [5, 5.41) is 3.98. The predicted octanol–water partition coefficient (Wildman–Crippen LogP) is 3.98. The molecule has 2 aromatic carbocycles. The Morgan fingerprint density at radius 2 is 1.93 bits per heavy atom. The molecule has 28 heavy (non-hydrogen) atoms. The lowest BCUT2D eigenvalue weighted by atomic mass is 10.1. The number of rotatable bonds is 10.